The Morgan fingerprint density at radius 2 is 2.05 bits per heavy atom. The molecule has 0 fully saturated rings. The van der Waals surface area contributed by atoms with Crippen molar-refractivity contribution in [3.8, 4) is 0 Å². The van der Waals surface area contributed by atoms with Crippen molar-refractivity contribution in [3.63, 3.8) is 0 Å². The first-order valence-corrected chi connectivity index (χ1v) is 6.30. The summed E-state index contributed by atoms with van der Waals surface area (Å²) >= 11 is 0. The monoisotopic (exact) mass is 276 g/mol. The number of carboxylic acids is 1. The number of para-hydroxylation sites is 1. The first-order valence-electron chi connectivity index (χ1n) is 6.30. The average molecular weight is 276 g/mol. The third-order valence-electron chi connectivity index (χ3n) is 3.11. The van der Waals surface area contributed by atoms with E-state index in [4.69, 9.17) is 10.2 Å². The Morgan fingerprint density at radius 1 is 1.30 bits per heavy atom. The normalized spacial score (nSPS) is 12.2. The van der Waals surface area contributed by atoms with Gasteiger partial charge in [-0.05, 0) is 18.1 Å². The topological polar surface area (TPSA) is 102 Å². The first-order chi connectivity index (χ1) is 9.61. The van der Waals surface area contributed by atoms with Gasteiger partial charge in [0.2, 0.25) is 5.91 Å². The number of hydrogen-bond acceptors (Lipinski definition) is 3. The van der Waals surface area contributed by atoms with Crippen LogP contribution in [0.2, 0.25) is 0 Å². The van der Waals surface area contributed by atoms with Crippen LogP contribution >= 0.6 is 0 Å². The minimum absolute atomic E-state index is 0.172. The maximum absolute atomic E-state index is 11.7. The van der Waals surface area contributed by atoms with Crippen LogP contribution in [0, 0.1) is 0 Å². The van der Waals surface area contributed by atoms with Gasteiger partial charge in [-0.25, -0.2) is 4.79 Å². The molecule has 0 radical (unpaired) electrons. The highest BCUT2D eigenvalue weighted by Gasteiger charge is 2.18. The lowest BCUT2D eigenvalue weighted by Gasteiger charge is -2.11. The fraction of sp³-hybridized carbons (Fsp3) is 0.286. The third kappa shape index (κ3) is 3.16. The lowest BCUT2D eigenvalue weighted by molar-refractivity contribution is -0.142. The zero-order chi connectivity index (χ0) is 14.5. The molecule has 1 amide bonds. The molecule has 2 aromatic rings. The minimum atomic E-state index is -1.24. The van der Waals surface area contributed by atoms with E-state index in [-0.39, 0.29) is 6.42 Å². The summed E-state index contributed by atoms with van der Waals surface area (Å²) < 4.78 is 0. The zero-order valence-electron chi connectivity index (χ0n) is 10.8. The van der Waals surface area contributed by atoms with Gasteiger partial charge in [0.25, 0.3) is 0 Å². The van der Waals surface area contributed by atoms with Gasteiger partial charge in [-0.15, -0.1) is 0 Å². The van der Waals surface area contributed by atoms with Crippen molar-refractivity contribution < 1.29 is 19.8 Å². The van der Waals surface area contributed by atoms with Gasteiger partial charge in [-0.2, -0.15) is 0 Å². The molecule has 0 bridgehead atoms. The maximum Gasteiger partial charge on any atom is 0.328 e. The molecule has 0 aliphatic carbocycles. The summed E-state index contributed by atoms with van der Waals surface area (Å²) in [7, 11) is 0. The highest BCUT2D eigenvalue weighted by Crippen LogP contribution is 2.18. The number of H-pyrrole nitrogens is 1. The third-order valence-corrected chi connectivity index (χ3v) is 3.11. The first kappa shape index (κ1) is 14.1. The molecule has 0 saturated carbocycles. The number of carbonyl (C=O) groups is 2. The van der Waals surface area contributed by atoms with Crippen LogP contribution in [0.25, 0.3) is 10.9 Å². The molecule has 1 aromatic heterocycles. The number of carboxylic acid groups (broad SMARTS) is 1. The van der Waals surface area contributed by atoms with Gasteiger partial charge >= 0.3 is 5.97 Å². The van der Waals surface area contributed by atoms with Crippen molar-refractivity contribution in [1.82, 2.24) is 10.3 Å². The van der Waals surface area contributed by atoms with Crippen LogP contribution in [0.5, 0.6) is 0 Å². The van der Waals surface area contributed by atoms with Crippen LogP contribution in [-0.2, 0) is 16.0 Å². The second kappa shape index (κ2) is 6.21. The molecule has 20 heavy (non-hydrogen) atoms. The molecule has 1 heterocycles. The van der Waals surface area contributed by atoms with Crippen LogP contribution < -0.4 is 5.32 Å². The van der Waals surface area contributed by atoms with E-state index in [2.05, 4.69) is 10.3 Å². The standard InChI is InChI=1S/C14H16N2O4/c17-8-12(14(19)20)16-13(18)6-5-9-7-15-11-4-2-1-3-10(9)11/h1-4,7,12,15,17H,5-6,8H2,(H,16,18)(H,19,20)/t12-/m0/s1. The molecular formula is C14H16N2O4. The number of amides is 1. The van der Waals surface area contributed by atoms with E-state index in [0.29, 0.717) is 6.42 Å². The molecular weight excluding hydrogens is 260 g/mol. The predicted octanol–water partition coefficient (Wildman–Crippen LogP) is 0.662. The average Bonchev–Trinajstić information content (AvgIpc) is 2.85. The van der Waals surface area contributed by atoms with Crippen LogP contribution in [0.3, 0.4) is 0 Å². The van der Waals surface area contributed by atoms with E-state index in [1.807, 2.05) is 30.5 Å². The Labute approximate surface area is 115 Å². The fourth-order valence-corrected chi connectivity index (χ4v) is 2.04. The van der Waals surface area contributed by atoms with Crippen molar-refractivity contribution in [2.24, 2.45) is 0 Å². The zero-order valence-corrected chi connectivity index (χ0v) is 10.8. The Morgan fingerprint density at radius 3 is 2.75 bits per heavy atom. The molecule has 0 spiro atoms. The van der Waals surface area contributed by atoms with Crippen LogP contribution in [-0.4, -0.2) is 39.7 Å². The second-order valence-electron chi connectivity index (χ2n) is 4.50. The van der Waals surface area contributed by atoms with Crippen molar-refractivity contribution in [1.29, 1.82) is 0 Å². The van der Waals surface area contributed by atoms with Gasteiger partial charge in [0.15, 0.2) is 0 Å². The van der Waals surface area contributed by atoms with E-state index >= 15 is 0 Å². The SMILES string of the molecule is O=C(CCc1c[nH]c2ccccc12)N[C@@H](CO)C(=O)O. The number of nitrogens with one attached hydrogen (secondary N) is 2. The lowest BCUT2D eigenvalue weighted by atomic mass is 10.1. The predicted molar refractivity (Wildman–Crippen MR) is 73.3 cm³/mol. The van der Waals surface area contributed by atoms with Gasteiger partial charge in [0, 0.05) is 23.5 Å². The highest BCUT2D eigenvalue weighted by molar-refractivity contribution is 5.86. The van der Waals surface area contributed by atoms with Crippen molar-refractivity contribution in [2.45, 2.75) is 18.9 Å². The highest BCUT2D eigenvalue weighted by atomic mass is 16.4. The van der Waals surface area contributed by atoms with E-state index in [9.17, 15) is 9.59 Å². The Kier molecular flexibility index (Phi) is 4.37. The Balaban J connectivity index is 1.95. The largest absolute Gasteiger partial charge is 0.480 e. The molecule has 6 heteroatoms. The maximum atomic E-state index is 11.7. The van der Waals surface area contributed by atoms with Crippen LogP contribution in [0.4, 0.5) is 0 Å². The molecule has 0 unspecified atom stereocenters. The number of aliphatic hydroxyl groups is 1. The number of aromatic amines is 1. The van der Waals surface area contributed by atoms with Crippen LogP contribution in [0.15, 0.2) is 30.5 Å². The lowest BCUT2D eigenvalue weighted by Crippen LogP contribution is -2.43. The summed E-state index contributed by atoms with van der Waals surface area (Å²) in [5.41, 5.74) is 2.01. The summed E-state index contributed by atoms with van der Waals surface area (Å²) in [5, 5.41) is 20.9. The number of fused-ring (bicyclic) bond motifs is 1. The summed E-state index contributed by atoms with van der Waals surface area (Å²) in [6, 6.07) is 6.52. The smallest absolute Gasteiger partial charge is 0.328 e. The molecule has 0 aliphatic heterocycles. The number of hydrogen-bond donors (Lipinski definition) is 4. The van der Waals surface area contributed by atoms with E-state index in [1.165, 1.54) is 0 Å². The quantitative estimate of drug-likeness (QED) is 0.622. The van der Waals surface area contributed by atoms with Crippen LogP contribution in [0.1, 0.15) is 12.0 Å². The second-order valence-corrected chi connectivity index (χ2v) is 4.50. The number of rotatable bonds is 6. The van der Waals surface area contributed by atoms with Crippen molar-refractivity contribution in [2.75, 3.05) is 6.61 Å². The number of aliphatic carboxylic acids is 1. The summed E-state index contributed by atoms with van der Waals surface area (Å²) in [4.78, 5) is 25.5. The molecule has 106 valence electrons. The molecule has 0 saturated heterocycles. The molecule has 2 rings (SSSR count). The summed E-state index contributed by atoms with van der Waals surface area (Å²) in [5.74, 6) is -1.63. The molecule has 1 aromatic carbocycles. The Hall–Kier alpha value is -2.34. The van der Waals surface area contributed by atoms with E-state index in [1.54, 1.807) is 0 Å². The molecule has 0 aliphatic rings. The number of aromatic nitrogens is 1. The van der Waals surface area contributed by atoms with Gasteiger partial charge in [0.1, 0.15) is 6.04 Å². The van der Waals surface area contributed by atoms with Crippen molar-refractivity contribution in [3.05, 3.63) is 36.0 Å². The fourth-order valence-electron chi connectivity index (χ4n) is 2.04. The number of carbonyl (C=O) groups excluding carboxylic acids is 1. The molecule has 4 N–H and O–H groups in total. The summed E-state index contributed by atoms with van der Waals surface area (Å²) in [6.07, 6.45) is 2.53. The molecule has 1 atom stereocenters. The van der Waals surface area contributed by atoms with Crippen molar-refractivity contribution >= 4 is 22.8 Å². The van der Waals surface area contributed by atoms with E-state index in [0.717, 1.165) is 16.5 Å². The van der Waals surface area contributed by atoms with Gasteiger partial charge in [0.05, 0.1) is 6.61 Å². The van der Waals surface area contributed by atoms with E-state index < -0.39 is 24.5 Å². The molecule has 6 nitrogen and oxygen atoms in total. The van der Waals surface area contributed by atoms with Gasteiger partial charge < -0.3 is 20.5 Å². The number of benzene rings is 1. The number of aliphatic hydroxyl groups excluding tert-OH is 1. The minimum Gasteiger partial charge on any atom is -0.480 e. The Bertz CT molecular complexity index is 620. The summed E-state index contributed by atoms with van der Waals surface area (Å²) in [6.45, 7) is -0.617. The van der Waals surface area contributed by atoms with Gasteiger partial charge in [-0.1, -0.05) is 18.2 Å². The van der Waals surface area contributed by atoms with Gasteiger partial charge in [-0.3, -0.25) is 4.79 Å². The number of aryl methyl sites for hydroxylation is 1.